The first-order valence-corrected chi connectivity index (χ1v) is 5.34. The lowest BCUT2D eigenvalue weighted by atomic mass is 10.1. The number of rotatable bonds is 2. The molecule has 0 aliphatic carbocycles. The average Bonchev–Trinajstić information content (AvgIpc) is 2.33. The molecule has 0 saturated carbocycles. The smallest absolute Gasteiger partial charge is 0.253 e. The molecule has 0 spiro atoms. The molecule has 2 rings (SSSR count). The van der Waals surface area contributed by atoms with Gasteiger partial charge in [0, 0.05) is 25.2 Å². The van der Waals surface area contributed by atoms with Crippen LogP contribution in [0, 0.1) is 5.95 Å². The molecule has 2 amide bonds. The molecule has 1 aromatic heterocycles. The van der Waals surface area contributed by atoms with Gasteiger partial charge in [0.15, 0.2) is 0 Å². The Hall–Kier alpha value is -1.98. The van der Waals surface area contributed by atoms with Gasteiger partial charge in [-0.2, -0.15) is 4.39 Å². The minimum atomic E-state index is -0.619. The van der Waals surface area contributed by atoms with Crippen LogP contribution in [0.1, 0.15) is 23.2 Å². The summed E-state index contributed by atoms with van der Waals surface area (Å²) in [5, 5.41) is 5.43. The molecule has 2 heterocycles. The van der Waals surface area contributed by atoms with E-state index in [9.17, 15) is 14.0 Å². The first-order valence-electron chi connectivity index (χ1n) is 5.34. The van der Waals surface area contributed by atoms with Crippen molar-refractivity contribution in [3.63, 3.8) is 0 Å². The maximum absolute atomic E-state index is 12.6. The van der Waals surface area contributed by atoms with E-state index in [0.29, 0.717) is 24.9 Å². The van der Waals surface area contributed by atoms with Crippen LogP contribution in [-0.2, 0) is 4.79 Å². The van der Waals surface area contributed by atoms with E-state index in [1.807, 2.05) is 0 Å². The Morgan fingerprint density at radius 1 is 1.53 bits per heavy atom. The number of carbonyl (C=O) groups is 2. The molecule has 0 bridgehead atoms. The number of nitrogens with zero attached hydrogens (tertiary/aromatic N) is 1. The first kappa shape index (κ1) is 11.5. The molecular weight excluding hydrogens is 225 g/mol. The molecule has 1 saturated heterocycles. The van der Waals surface area contributed by atoms with Gasteiger partial charge in [0.1, 0.15) is 0 Å². The Morgan fingerprint density at radius 2 is 2.35 bits per heavy atom. The van der Waals surface area contributed by atoms with E-state index in [2.05, 4.69) is 15.6 Å². The van der Waals surface area contributed by atoms with Crippen molar-refractivity contribution in [2.24, 2.45) is 0 Å². The van der Waals surface area contributed by atoms with Crippen LogP contribution in [0.5, 0.6) is 0 Å². The molecule has 0 aromatic carbocycles. The standard InChI is InChI=1S/C11H12FN3O2/c12-9-3-1-7(5-13-9)11(17)15-8-2-4-10(16)14-6-8/h1,3,5,8H,2,4,6H2,(H,14,16)(H,15,17). The molecular formula is C11H12FN3O2. The highest BCUT2D eigenvalue weighted by Gasteiger charge is 2.20. The van der Waals surface area contributed by atoms with Gasteiger partial charge in [-0.25, -0.2) is 4.98 Å². The molecule has 17 heavy (non-hydrogen) atoms. The summed E-state index contributed by atoms with van der Waals surface area (Å²) in [7, 11) is 0. The molecule has 90 valence electrons. The molecule has 1 unspecified atom stereocenters. The fourth-order valence-electron chi connectivity index (χ4n) is 1.63. The molecule has 2 N–H and O–H groups in total. The zero-order valence-electron chi connectivity index (χ0n) is 9.07. The monoisotopic (exact) mass is 237 g/mol. The lowest BCUT2D eigenvalue weighted by molar-refractivity contribution is -0.122. The fourth-order valence-corrected chi connectivity index (χ4v) is 1.63. The highest BCUT2D eigenvalue weighted by molar-refractivity contribution is 5.94. The third-order valence-electron chi connectivity index (χ3n) is 2.59. The zero-order chi connectivity index (χ0) is 12.3. The number of halogens is 1. The topological polar surface area (TPSA) is 71.1 Å². The third kappa shape index (κ3) is 2.99. The summed E-state index contributed by atoms with van der Waals surface area (Å²) < 4.78 is 12.6. The maximum atomic E-state index is 12.6. The van der Waals surface area contributed by atoms with Gasteiger partial charge in [-0.15, -0.1) is 0 Å². The summed E-state index contributed by atoms with van der Waals surface area (Å²) in [6.45, 7) is 0.430. The van der Waals surface area contributed by atoms with Gasteiger partial charge in [-0.3, -0.25) is 9.59 Å². The Labute approximate surface area is 97.4 Å². The van der Waals surface area contributed by atoms with E-state index in [4.69, 9.17) is 0 Å². The van der Waals surface area contributed by atoms with Gasteiger partial charge < -0.3 is 10.6 Å². The highest BCUT2D eigenvalue weighted by Crippen LogP contribution is 2.05. The molecule has 1 atom stereocenters. The van der Waals surface area contributed by atoms with E-state index in [-0.39, 0.29) is 17.9 Å². The van der Waals surface area contributed by atoms with Crippen molar-refractivity contribution in [2.45, 2.75) is 18.9 Å². The van der Waals surface area contributed by atoms with Crippen molar-refractivity contribution in [1.82, 2.24) is 15.6 Å². The van der Waals surface area contributed by atoms with Gasteiger partial charge in [0.25, 0.3) is 5.91 Å². The molecule has 1 fully saturated rings. The number of piperidine rings is 1. The Morgan fingerprint density at radius 3 is 2.94 bits per heavy atom. The van der Waals surface area contributed by atoms with Crippen molar-refractivity contribution in [3.8, 4) is 0 Å². The normalized spacial score (nSPS) is 19.6. The minimum Gasteiger partial charge on any atom is -0.354 e. The Bertz CT molecular complexity index is 423. The van der Waals surface area contributed by atoms with Crippen molar-refractivity contribution in [2.75, 3.05) is 6.54 Å². The maximum Gasteiger partial charge on any atom is 0.253 e. The quantitative estimate of drug-likeness (QED) is 0.723. The molecule has 1 aliphatic rings. The number of amides is 2. The summed E-state index contributed by atoms with van der Waals surface area (Å²) in [5.41, 5.74) is 0.309. The lowest BCUT2D eigenvalue weighted by Gasteiger charge is -2.23. The highest BCUT2D eigenvalue weighted by atomic mass is 19.1. The van der Waals surface area contributed by atoms with E-state index < -0.39 is 5.95 Å². The van der Waals surface area contributed by atoms with Gasteiger partial charge >= 0.3 is 0 Å². The van der Waals surface area contributed by atoms with E-state index in [1.54, 1.807) is 0 Å². The van der Waals surface area contributed by atoms with Gasteiger partial charge in [-0.05, 0) is 18.6 Å². The second-order valence-corrected chi connectivity index (χ2v) is 3.88. The van der Waals surface area contributed by atoms with Crippen molar-refractivity contribution in [1.29, 1.82) is 0 Å². The molecule has 1 aromatic rings. The van der Waals surface area contributed by atoms with Gasteiger partial charge in [0.05, 0.1) is 5.56 Å². The summed E-state index contributed by atoms with van der Waals surface area (Å²) >= 11 is 0. The van der Waals surface area contributed by atoms with Gasteiger partial charge in [0.2, 0.25) is 11.9 Å². The van der Waals surface area contributed by atoms with Crippen LogP contribution in [0.2, 0.25) is 0 Å². The van der Waals surface area contributed by atoms with Crippen LogP contribution in [0.3, 0.4) is 0 Å². The number of aromatic nitrogens is 1. The number of carbonyl (C=O) groups excluding carboxylic acids is 2. The summed E-state index contributed by atoms with van der Waals surface area (Å²) in [5.74, 6) is -0.927. The Kier molecular flexibility index (Phi) is 3.32. The summed E-state index contributed by atoms with van der Waals surface area (Å²) in [6, 6.07) is 2.43. The van der Waals surface area contributed by atoms with Crippen molar-refractivity contribution >= 4 is 11.8 Å². The number of hydrogen-bond donors (Lipinski definition) is 2. The lowest BCUT2D eigenvalue weighted by Crippen LogP contribution is -2.47. The Balaban J connectivity index is 1.93. The summed E-state index contributed by atoms with van der Waals surface area (Å²) in [4.78, 5) is 26.1. The first-order chi connectivity index (χ1) is 8.15. The second-order valence-electron chi connectivity index (χ2n) is 3.88. The van der Waals surface area contributed by atoms with E-state index >= 15 is 0 Å². The molecule has 0 radical (unpaired) electrons. The molecule has 6 heteroatoms. The number of hydrogen-bond acceptors (Lipinski definition) is 3. The average molecular weight is 237 g/mol. The van der Waals surface area contributed by atoms with Crippen LogP contribution < -0.4 is 10.6 Å². The van der Waals surface area contributed by atoms with E-state index in [1.165, 1.54) is 12.3 Å². The molecule has 1 aliphatic heterocycles. The third-order valence-corrected chi connectivity index (χ3v) is 2.59. The predicted molar refractivity (Wildman–Crippen MR) is 57.7 cm³/mol. The molecule has 5 nitrogen and oxygen atoms in total. The minimum absolute atomic E-state index is 0.000974. The van der Waals surface area contributed by atoms with Crippen LogP contribution in [0.25, 0.3) is 0 Å². The number of pyridine rings is 1. The number of nitrogens with one attached hydrogen (secondary N) is 2. The van der Waals surface area contributed by atoms with E-state index in [0.717, 1.165) is 6.07 Å². The second kappa shape index (κ2) is 4.90. The van der Waals surface area contributed by atoms with Crippen molar-refractivity contribution in [3.05, 3.63) is 29.8 Å². The zero-order valence-corrected chi connectivity index (χ0v) is 9.07. The van der Waals surface area contributed by atoms with Gasteiger partial charge in [-0.1, -0.05) is 0 Å². The predicted octanol–water partition coefficient (Wildman–Crippen LogP) is 0.229. The fraction of sp³-hybridized carbons (Fsp3) is 0.364. The largest absolute Gasteiger partial charge is 0.354 e. The van der Waals surface area contributed by atoms with Crippen LogP contribution in [-0.4, -0.2) is 29.4 Å². The van der Waals surface area contributed by atoms with Crippen LogP contribution >= 0.6 is 0 Å². The summed E-state index contributed by atoms with van der Waals surface area (Å²) in [6.07, 6.45) is 2.21. The van der Waals surface area contributed by atoms with Crippen LogP contribution in [0.4, 0.5) is 4.39 Å². The SMILES string of the molecule is O=C1CCC(NC(=O)c2ccc(F)nc2)CN1. The van der Waals surface area contributed by atoms with Crippen LogP contribution in [0.15, 0.2) is 18.3 Å². The van der Waals surface area contributed by atoms with Crippen molar-refractivity contribution < 1.29 is 14.0 Å².